The number of ether oxygens (including phenoxy) is 2. The molecule has 4 nitrogen and oxygen atoms in total. The minimum absolute atomic E-state index is 0.0786. The Balaban J connectivity index is 1.59. The molecule has 1 unspecified atom stereocenters. The Morgan fingerprint density at radius 1 is 0.875 bits per heavy atom. The quantitative estimate of drug-likeness (QED) is 0.335. The Labute approximate surface area is 245 Å². The lowest BCUT2D eigenvalue weighted by atomic mass is 9.32. The summed E-state index contributed by atoms with van der Waals surface area (Å²) in [5, 5.41) is 10.9. The van der Waals surface area contributed by atoms with E-state index < -0.39 is 11.7 Å². The highest BCUT2D eigenvalue weighted by atomic mass is 16.7. The van der Waals surface area contributed by atoms with Crippen molar-refractivity contribution in [2.75, 3.05) is 19.8 Å². The van der Waals surface area contributed by atoms with Crippen molar-refractivity contribution in [2.24, 2.45) is 62.1 Å². The first-order chi connectivity index (χ1) is 18.6. The van der Waals surface area contributed by atoms with Gasteiger partial charge in [-0.2, -0.15) is 0 Å². The molecule has 0 spiro atoms. The lowest BCUT2D eigenvalue weighted by Gasteiger charge is -2.72. The van der Waals surface area contributed by atoms with Gasteiger partial charge in [-0.3, -0.25) is 4.79 Å². The number of hydrogen-bond donors (Lipinski definition) is 1. The lowest BCUT2D eigenvalue weighted by molar-refractivity contribution is -0.227. The van der Waals surface area contributed by atoms with Crippen molar-refractivity contribution in [1.82, 2.24) is 0 Å². The van der Waals surface area contributed by atoms with Gasteiger partial charge in [0.05, 0.1) is 0 Å². The number of carbonyl (C=O) groups excluding carboxylic acids is 1. The normalized spacial score (nSPS) is 46.4. The summed E-state index contributed by atoms with van der Waals surface area (Å²) in [5.41, 5.74) is 1.05. The molecule has 0 aromatic carbocycles. The number of fused-ring (bicyclic) bond motifs is 7. The number of aliphatic hydroxyl groups is 1. The number of hydrogen-bond acceptors (Lipinski definition) is 4. The number of rotatable bonds is 6. The predicted octanol–water partition coefficient (Wildman–Crippen LogP) is 8.22. The molecule has 5 aliphatic carbocycles. The van der Waals surface area contributed by atoms with Crippen LogP contribution in [0.5, 0.6) is 0 Å². The number of ketones is 1. The Kier molecular flexibility index (Phi) is 7.62. The molecule has 0 amide bonds. The van der Waals surface area contributed by atoms with Crippen LogP contribution in [0, 0.1) is 62.1 Å². The Hall–Kier alpha value is -0.710. The summed E-state index contributed by atoms with van der Waals surface area (Å²) in [5.74, 6) is 3.00. The maximum absolute atomic E-state index is 14.0. The summed E-state index contributed by atoms with van der Waals surface area (Å²) in [6.45, 7) is 24.9. The van der Waals surface area contributed by atoms with Gasteiger partial charge in [0.1, 0.15) is 0 Å². The molecule has 228 valence electrons. The largest absolute Gasteiger partial charge is 0.396 e. The molecule has 0 bridgehead atoms. The maximum Gasteiger partial charge on any atom is 0.186 e. The molecule has 0 aliphatic heterocycles. The number of aliphatic hydroxyl groups excluding tert-OH is 1. The van der Waals surface area contributed by atoms with Crippen molar-refractivity contribution >= 4 is 5.78 Å². The average Bonchev–Trinajstić information content (AvgIpc) is 3.27. The van der Waals surface area contributed by atoms with E-state index in [1.54, 1.807) is 0 Å². The number of carbonyl (C=O) groups is 1. The van der Waals surface area contributed by atoms with Gasteiger partial charge in [0.2, 0.25) is 0 Å². The first kappa shape index (κ1) is 30.7. The van der Waals surface area contributed by atoms with Gasteiger partial charge in [-0.15, -0.1) is 0 Å². The Bertz CT molecular complexity index is 1020. The fraction of sp³-hybridized carbons (Fsp3) is 0.917. The summed E-state index contributed by atoms with van der Waals surface area (Å²) in [6, 6.07) is 0. The third-order valence-electron chi connectivity index (χ3n) is 14.3. The molecule has 0 radical (unpaired) electrons. The molecule has 0 saturated heterocycles. The van der Waals surface area contributed by atoms with Crippen LogP contribution in [0.1, 0.15) is 121 Å². The van der Waals surface area contributed by atoms with Gasteiger partial charge in [0.25, 0.3) is 0 Å². The second-order valence-corrected chi connectivity index (χ2v) is 17.0. The van der Waals surface area contributed by atoms with Crippen molar-refractivity contribution in [3.05, 3.63) is 11.6 Å². The molecule has 1 N–H and O–H groups in total. The highest BCUT2D eigenvalue weighted by Crippen LogP contribution is 2.77. The van der Waals surface area contributed by atoms with Crippen LogP contribution in [-0.4, -0.2) is 37.0 Å². The van der Waals surface area contributed by atoms with Crippen LogP contribution in [0.3, 0.4) is 0 Å². The summed E-state index contributed by atoms with van der Waals surface area (Å²) in [7, 11) is 0. The van der Waals surface area contributed by atoms with Crippen LogP contribution in [0.4, 0.5) is 0 Å². The van der Waals surface area contributed by atoms with Crippen LogP contribution in [0.15, 0.2) is 11.6 Å². The van der Waals surface area contributed by atoms with Gasteiger partial charge in [-0.25, -0.2) is 0 Å². The van der Waals surface area contributed by atoms with E-state index in [1.807, 2.05) is 13.8 Å². The summed E-state index contributed by atoms with van der Waals surface area (Å²) in [4.78, 5) is 14.0. The zero-order valence-electron chi connectivity index (χ0n) is 27.5. The summed E-state index contributed by atoms with van der Waals surface area (Å²) < 4.78 is 12.1. The molecule has 0 aromatic rings. The molecular formula is C36H60O4. The molecule has 5 aliphatic rings. The summed E-state index contributed by atoms with van der Waals surface area (Å²) in [6.07, 6.45) is 11.4. The first-order valence-corrected chi connectivity index (χ1v) is 16.7. The highest BCUT2D eigenvalue weighted by Gasteiger charge is 2.71. The summed E-state index contributed by atoms with van der Waals surface area (Å²) >= 11 is 0. The van der Waals surface area contributed by atoms with Crippen molar-refractivity contribution in [3.63, 3.8) is 0 Å². The Morgan fingerprint density at radius 3 is 2.10 bits per heavy atom. The van der Waals surface area contributed by atoms with Gasteiger partial charge in [-0.1, -0.05) is 61.5 Å². The lowest BCUT2D eigenvalue weighted by Crippen LogP contribution is -2.66. The zero-order valence-corrected chi connectivity index (χ0v) is 27.5. The van der Waals surface area contributed by atoms with Gasteiger partial charge < -0.3 is 14.6 Å². The molecule has 4 fully saturated rings. The molecule has 9 atom stereocenters. The smallest absolute Gasteiger partial charge is 0.186 e. The van der Waals surface area contributed by atoms with E-state index in [9.17, 15) is 9.90 Å². The third-order valence-corrected chi connectivity index (χ3v) is 14.3. The topological polar surface area (TPSA) is 55.8 Å². The zero-order chi connectivity index (χ0) is 29.5. The standard InChI is InChI=1S/C36H60O4/c1-11-39-30(40-12-2)23-21-33(8)26(32(6,7)29(23)38)16-17-35(10)27(33)14-13-25-28-24(31(3,4)5)15-18-36(28,22-37)20-19-34(25,35)9/h21,24-28,30,37H,11-20,22H2,1-10H3/t24-,25-,26+,27-,28?,33+,34-,35-,36-/m1/s1. The van der Waals surface area contributed by atoms with E-state index in [-0.39, 0.29) is 32.9 Å². The molecule has 4 saturated carbocycles. The molecule has 4 heteroatoms. The van der Waals surface area contributed by atoms with Gasteiger partial charge in [-0.05, 0) is 122 Å². The first-order valence-electron chi connectivity index (χ1n) is 16.7. The second kappa shape index (κ2) is 9.91. The van der Waals surface area contributed by atoms with Gasteiger partial charge in [0, 0.05) is 30.8 Å². The van der Waals surface area contributed by atoms with E-state index in [0.29, 0.717) is 49.4 Å². The van der Waals surface area contributed by atoms with Gasteiger partial charge >= 0.3 is 0 Å². The van der Waals surface area contributed by atoms with Crippen LogP contribution in [0.25, 0.3) is 0 Å². The SMILES string of the molecule is CCOC(OCC)C1=C[C@]2(C)[C@H]3CC[C@@H]4C5[C@H](C(C)(C)C)CC[C@]5(CO)CC[C@@]4(C)[C@]3(C)CC[C@H]2C(C)(C)C1=O. The second-order valence-electron chi connectivity index (χ2n) is 17.0. The predicted molar refractivity (Wildman–Crippen MR) is 162 cm³/mol. The van der Waals surface area contributed by atoms with E-state index in [0.717, 1.165) is 18.4 Å². The molecular weight excluding hydrogens is 496 g/mol. The molecule has 40 heavy (non-hydrogen) atoms. The van der Waals surface area contributed by atoms with E-state index in [1.165, 1.54) is 38.5 Å². The van der Waals surface area contributed by atoms with E-state index in [4.69, 9.17) is 9.47 Å². The Morgan fingerprint density at radius 2 is 1.52 bits per heavy atom. The molecule has 5 rings (SSSR count). The van der Waals surface area contributed by atoms with Crippen molar-refractivity contribution in [1.29, 1.82) is 0 Å². The fourth-order valence-electron chi connectivity index (χ4n) is 12.2. The monoisotopic (exact) mass is 556 g/mol. The third kappa shape index (κ3) is 4.04. The van der Waals surface area contributed by atoms with Crippen LogP contribution in [-0.2, 0) is 14.3 Å². The molecule has 0 heterocycles. The average molecular weight is 557 g/mol. The van der Waals surface area contributed by atoms with E-state index >= 15 is 0 Å². The highest BCUT2D eigenvalue weighted by molar-refractivity contribution is 6.01. The van der Waals surface area contributed by atoms with Crippen LogP contribution >= 0.6 is 0 Å². The number of allylic oxidation sites excluding steroid dienone is 1. The van der Waals surface area contributed by atoms with Crippen molar-refractivity contribution in [2.45, 2.75) is 127 Å². The van der Waals surface area contributed by atoms with Crippen molar-refractivity contribution < 1.29 is 19.4 Å². The maximum atomic E-state index is 14.0. The fourth-order valence-corrected chi connectivity index (χ4v) is 12.2. The van der Waals surface area contributed by atoms with Crippen molar-refractivity contribution in [3.8, 4) is 0 Å². The number of Topliss-reactive ketones (excluding diaryl/α,β-unsaturated/α-hetero) is 1. The minimum atomic E-state index is -0.578. The molecule has 0 aromatic heterocycles. The van der Waals surface area contributed by atoms with Gasteiger partial charge in [0.15, 0.2) is 12.1 Å². The van der Waals surface area contributed by atoms with E-state index in [2.05, 4.69) is 61.5 Å². The van der Waals surface area contributed by atoms with Crippen LogP contribution < -0.4 is 0 Å². The van der Waals surface area contributed by atoms with Crippen LogP contribution in [0.2, 0.25) is 0 Å². The minimum Gasteiger partial charge on any atom is -0.396 e.